The molecule has 1 aromatic heterocycles. The molecule has 8 heteroatoms. The number of rotatable bonds is 6. The summed E-state index contributed by atoms with van der Waals surface area (Å²) in [5, 5.41) is 9.35. The Morgan fingerprint density at radius 2 is 1.92 bits per heavy atom. The van der Waals surface area contributed by atoms with E-state index in [0.717, 1.165) is 11.1 Å². The number of nitrogens with zero attached hydrogens (tertiary/aromatic N) is 1. The molecule has 7 nitrogen and oxygen atoms in total. The molecule has 0 spiro atoms. The summed E-state index contributed by atoms with van der Waals surface area (Å²) in [6.07, 6.45) is 0. The third-order valence-electron chi connectivity index (χ3n) is 4.10. The number of ether oxygens (including phenoxy) is 2. The van der Waals surface area contributed by atoms with E-state index in [4.69, 9.17) is 9.47 Å². The molecular formula is C18H21N3O4S. The highest BCUT2D eigenvalue weighted by Gasteiger charge is 2.19. The standard InChI is InChI=1S/C18H21N3O4S/c1-21(2)14(13-5-6-26-10-13)9-20-18(23)17(22)19-8-12-3-4-15-16(7-12)25-11-24-15/h3-7,10,14H,8-9,11H2,1-2H3,(H,19,22)(H,20,23). The molecule has 0 radical (unpaired) electrons. The Balaban J connectivity index is 1.49. The molecular weight excluding hydrogens is 354 g/mol. The molecule has 1 atom stereocenters. The molecule has 2 amide bonds. The van der Waals surface area contributed by atoms with E-state index >= 15 is 0 Å². The molecule has 1 aliphatic heterocycles. The van der Waals surface area contributed by atoms with Gasteiger partial charge in [0.1, 0.15) is 0 Å². The zero-order valence-electron chi connectivity index (χ0n) is 14.7. The molecule has 26 heavy (non-hydrogen) atoms. The zero-order chi connectivity index (χ0) is 18.5. The second-order valence-electron chi connectivity index (χ2n) is 6.12. The number of thiophene rings is 1. The second kappa shape index (κ2) is 8.20. The SMILES string of the molecule is CN(C)C(CNC(=O)C(=O)NCc1ccc2c(c1)OCO2)c1ccsc1. The predicted octanol–water partition coefficient (Wildman–Crippen LogP) is 1.51. The first-order valence-electron chi connectivity index (χ1n) is 8.17. The van der Waals surface area contributed by atoms with Gasteiger partial charge in [-0.15, -0.1) is 0 Å². The Hall–Kier alpha value is -2.58. The molecule has 2 N–H and O–H groups in total. The minimum absolute atomic E-state index is 0.0202. The summed E-state index contributed by atoms with van der Waals surface area (Å²) in [6.45, 7) is 0.801. The molecule has 1 aromatic carbocycles. The highest BCUT2D eigenvalue weighted by Crippen LogP contribution is 2.32. The van der Waals surface area contributed by atoms with E-state index in [1.54, 1.807) is 23.5 Å². The van der Waals surface area contributed by atoms with Gasteiger partial charge in [0.25, 0.3) is 0 Å². The van der Waals surface area contributed by atoms with Crippen molar-refractivity contribution in [3.05, 3.63) is 46.2 Å². The van der Waals surface area contributed by atoms with Crippen molar-refractivity contribution in [3.8, 4) is 11.5 Å². The molecule has 0 saturated carbocycles. The molecule has 0 aliphatic carbocycles. The highest BCUT2D eigenvalue weighted by molar-refractivity contribution is 7.07. The van der Waals surface area contributed by atoms with Gasteiger partial charge in [0.15, 0.2) is 11.5 Å². The van der Waals surface area contributed by atoms with Crippen molar-refractivity contribution in [2.75, 3.05) is 27.4 Å². The van der Waals surface area contributed by atoms with Gasteiger partial charge < -0.3 is 25.0 Å². The lowest BCUT2D eigenvalue weighted by atomic mass is 10.1. The Morgan fingerprint density at radius 1 is 1.15 bits per heavy atom. The minimum Gasteiger partial charge on any atom is -0.454 e. The van der Waals surface area contributed by atoms with E-state index in [2.05, 4.69) is 10.6 Å². The number of carbonyl (C=O) groups is 2. The number of likely N-dealkylation sites (N-methyl/N-ethyl adjacent to an activating group) is 1. The Bertz CT molecular complexity index is 777. The number of fused-ring (bicyclic) bond motifs is 1. The number of benzene rings is 1. The minimum atomic E-state index is -0.662. The molecule has 0 bridgehead atoms. The summed E-state index contributed by atoms with van der Waals surface area (Å²) in [4.78, 5) is 26.1. The van der Waals surface area contributed by atoms with Crippen LogP contribution in [0.2, 0.25) is 0 Å². The number of nitrogens with one attached hydrogen (secondary N) is 2. The smallest absolute Gasteiger partial charge is 0.309 e. The van der Waals surface area contributed by atoms with E-state index < -0.39 is 11.8 Å². The van der Waals surface area contributed by atoms with Crippen LogP contribution >= 0.6 is 11.3 Å². The van der Waals surface area contributed by atoms with Gasteiger partial charge in [-0.3, -0.25) is 9.59 Å². The molecule has 0 saturated heterocycles. The van der Waals surface area contributed by atoms with Gasteiger partial charge in [-0.1, -0.05) is 6.07 Å². The summed E-state index contributed by atoms with van der Waals surface area (Å²) < 4.78 is 10.5. The maximum atomic E-state index is 12.1. The lowest BCUT2D eigenvalue weighted by molar-refractivity contribution is -0.139. The summed E-state index contributed by atoms with van der Waals surface area (Å²) in [5.74, 6) is 0.0186. The average Bonchev–Trinajstić information content (AvgIpc) is 3.30. The van der Waals surface area contributed by atoms with E-state index in [1.807, 2.05) is 41.9 Å². The topological polar surface area (TPSA) is 79.9 Å². The highest BCUT2D eigenvalue weighted by atomic mass is 32.1. The summed E-state index contributed by atoms with van der Waals surface area (Å²) in [6, 6.07) is 7.43. The fraction of sp³-hybridized carbons (Fsp3) is 0.333. The van der Waals surface area contributed by atoms with Gasteiger partial charge in [0.05, 0.1) is 6.04 Å². The van der Waals surface area contributed by atoms with Crippen molar-refractivity contribution in [1.29, 1.82) is 0 Å². The van der Waals surface area contributed by atoms with Crippen LogP contribution < -0.4 is 20.1 Å². The van der Waals surface area contributed by atoms with Crippen LogP contribution in [0.5, 0.6) is 11.5 Å². The van der Waals surface area contributed by atoms with Crippen LogP contribution in [0, 0.1) is 0 Å². The maximum Gasteiger partial charge on any atom is 0.309 e. The third-order valence-corrected chi connectivity index (χ3v) is 4.81. The van der Waals surface area contributed by atoms with Crippen molar-refractivity contribution in [2.45, 2.75) is 12.6 Å². The summed E-state index contributed by atoms with van der Waals surface area (Å²) in [5.41, 5.74) is 1.95. The van der Waals surface area contributed by atoms with E-state index in [-0.39, 0.29) is 19.4 Å². The van der Waals surface area contributed by atoms with Crippen molar-refractivity contribution in [1.82, 2.24) is 15.5 Å². The first-order valence-corrected chi connectivity index (χ1v) is 9.12. The number of hydrogen-bond donors (Lipinski definition) is 2. The van der Waals surface area contributed by atoms with Crippen LogP contribution in [0.3, 0.4) is 0 Å². The Morgan fingerprint density at radius 3 is 2.65 bits per heavy atom. The molecule has 1 unspecified atom stereocenters. The fourth-order valence-corrected chi connectivity index (χ4v) is 3.35. The second-order valence-corrected chi connectivity index (χ2v) is 6.90. The van der Waals surface area contributed by atoms with Crippen molar-refractivity contribution >= 4 is 23.2 Å². The van der Waals surface area contributed by atoms with Gasteiger partial charge >= 0.3 is 11.8 Å². The normalized spacial score (nSPS) is 13.5. The van der Waals surface area contributed by atoms with Crippen molar-refractivity contribution in [2.24, 2.45) is 0 Å². The van der Waals surface area contributed by atoms with Crippen LogP contribution in [-0.2, 0) is 16.1 Å². The quantitative estimate of drug-likeness (QED) is 0.749. The molecule has 0 fully saturated rings. The van der Waals surface area contributed by atoms with Crippen LogP contribution in [0.1, 0.15) is 17.2 Å². The number of amides is 2. The largest absolute Gasteiger partial charge is 0.454 e. The lowest BCUT2D eigenvalue weighted by Crippen LogP contribution is -2.42. The maximum absolute atomic E-state index is 12.1. The van der Waals surface area contributed by atoms with Crippen molar-refractivity contribution in [3.63, 3.8) is 0 Å². The molecule has 1 aliphatic rings. The molecule has 138 valence electrons. The average molecular weight is 375 g/mol. The van der Waals surface area contributed by atoms with Gasteiger partial charge in [-0.2, -0.15) is 11.3 Å². The summed E-state index contributed by atoms with van der Waals surface area (Å²) in [7, 11) is 3.88. The Labute approximate surface area is 155 Å². The number of carbonyl (C=O) groups excluding carboxylic acids is 2. The monoisotopic (exact) mass is 375 g/mol. The molecule has 3 rings (SSSR count). The zero-order valence-corrected chi connectivity index (χ0v) is 15.5. The summed E-state index contributed by atoms with van der Waals surface area (Å²) >= 11 is 1.60. The van der Waals surface area contributed by atoms with E-state index in [9.17, 15) is 9.59 Å². The third kappa shape index (κ3) is 4.33. The van der Waals surface area contributed by atoms with Crippen LogP contribution in [0.15, 0.2) is 35.0 Å². The van der Waals surface area contributed by atoms with Gasteiger partial charge in [0.2, 0.25) is 6.79 Å². The van der Waals surface area contributed by atoms with Crippen molar-refractivity contribution < 1.29 is 19.1 Å². The van der Waals surface area contributed by atoms with Crippen LogP contribution in [0.4, 0.5) is 0 Å². The molecule has 2 aromatic rings. The van der Waals surface area contributed by atoms with Gasteiger partial charge in [-0.25, -0.2) is 0 Å². The Kier molecular flexibility index (Phi) is 5.75. The first-order chi connectivity index (χ1) is 12.5. The molecule has 2 heterocycles. The van der Waals surface area contributed by atoms with Gasteiger partial charge in [-0.05, 0) is 54.2 Å². The number of hydrogen-bond acceptors (Lipinski definition) is 6. The first kappa shape index (κ1) is 18.2. The lowest BCUT2D eigenvalue weighted by Gasteiger charge is -2.23. The van der Waals surface area contributed by atoms with Crippen LogP contribution in [-0.4, -0.2) is 44.1 Å². The van der Waals surface area contributed by atoms with Crippen LogP contribution in [0.25, 0.3) is 0 Å². The van der Waals surface area contributed by atoms with E-state index in [1.165, 1.54) is 0 Å². The van der Waals surface area contributed by atoms with E-state index in [0.29, 0.717) is 18.0 Å². The van der Waals surface area contributed by atoms with Gasteiger partial charge in [0, 0.05) is 13.1 Å². The fourth-order valence-electron chi connectivity index (χ4n) is 2.65. The predicted molar refractivity (Wildman–Crippen MR) is 98.2 cm³/mol.